The molecule has 0 radical (unpaired) electrons. The summed E-state index contributed by atoms with van der Waals surface area (Å²) in [6.07, 6.45) is 5.77. The van der Waals surface area contributed by atoms with Crippen LogP contribution in [-0.4, -0.2) is 24.3 Å². The Hall–Kier alpha value is -2.66. The Bertz CT molecular complexity index is 866. The fourth-order valence-corrected chi connectivity index (χ4v) is 3.91. The molecule has 1 aromatic heterocycles. The number of hydrogen-bond acceptors (Lipinski definition) is 5. The van der Waals surface area contributed by atoms with E-state index in [9.17, 15) is 0 Å². The van der Waals surface area contributed by atoms with Gasteiger partial charge in [0.2, 0.25) is 5.13 Å². The average Bonchev–Trinajstić information content (AvgIpc) is 3.19. The van der Waals surface area contributed by atoms with Crippen molar-refractivity contribution in [1.82, 2.24) is 4.98 Å². The first-order valence-electron chi connectivity index (χ1n) is 9.04. The molecule has 132 valence electrons. The summed E-state index contributed by atoms with van der Waals surface area (Å²) in [5.74, 6) is 0. The average molecular weight is 363 g/mol. The molecule has 0 saturated carbocycles. The van der Waals surface area contributed by atoms with Crippen molar-refractivity contribution in [2.45, 2.75) is 19.3 Å². The van der Waals surface area contributed by atoms with Crippen LogP contribution >= 0.6 is 11.3 Å². The van der Waals surface area contributed by atoms with Gasteiger partial charge in [-0.3, -0.25) is 5.43 Å². The van der Waals surface area contributed by atoms with Crippen LogP contribution in [0.3, 0.4) is 0 Å². The lowest BCUT2D eigenvalue weighted by atomic mass is 10.1. The molecule has 3 aromatic rings. The van der Waals surface area contributed by atoms with E-state index in [1.165, 1.54) is 24.9 Å². The summed E-state index contributed by atoms with van der Waals surface area (Å²) in [6, 6.07) is 18.7. The summed E-state index contributed by atoms with van der Waals surface area (Å²) in [4.78, 5) is 7.07. The summed E-state index contributed by atoms with van der Waals surface area (Å²) in [5, 5.41) is 7.27. The molecule has 1 aliphatic rings. The van der Waals surface area contributed by atoms with Gasteiger partial charge in [-0.05, 0) is 25.3 Å². The maximum atomic E-state index is 4.61. The molecule has 2 heterocycles. The highest BCUT2D eigenvalue weighted by Gasteiger charge is 2.13. The number of nitrogens with zero attached hydrogens (tertiary/aromatic N) is 3. The van der Waals surface area contributed by atoms with Crippen LogP contribution in [0.5, 0.6) is 0 Å². The topological polar surface area (TPSA) is 40.5 Å². The predicted molar refractivity (Wildman–Crippen MR) is 111 cm³/mol. The van der Waals surface area contributed by atoms with E-state index >= 15 is 0 Å². The van der Waals surface area contributed by atoms with E-state index in [0.717, 1.165) is 35.0 Å². The maximum Gasteiger partial charge on any atom is 0.203 e. The molecule has 5 heteroatoms. The molecule has 2 aromatic carbocycles. The van der Waals surface area contributed by atoms with Crippen molar-refractivity contribution >= 4 is 28.4 Å². The minimum absolute atomic E-state index is 0.801. The van der Waals surface area contributed by atoms with Crippen molar-refractivity contribution in [3.8, 4) is 11.3 Å². The number of anilines is 2. The molecule has 0 aliphatic carbocycles. The van der Waals surface area contributed by atoms with E-state index in [1.54, 1.807) is 11.3 Å². The third kappa shape index (κ3) is 3.94. The minimum atomic E-state index is 0.801. The van der Waals surface area contributed by atoms with Crippen molar-refractivity contribution in [3.05, 3.63) is 65.5 Å². The molecule has 1 N–H and O–H groups in total. The molecule has 0 unspecified atom stereocenters. The zero-order valence-electron chi connectivity index (χ0n) is 14.6. The lowest BCUT2D eigenvalue weighted by Crippen LogP contribution is -2.30. The van der Waals surface area contributed by atoms with Gasteiger partial charge in [-0.1, -0.05) is 48.5 Å². The van der Waals surface area contributed by atoms with Gasteiger partial charge in [0.25, 0.3) is 0 Å². The molecule has 1 aliphatic heterocycles. The van der Waals surface area contributed by atoms with E-state index in [4.69, 9.17) is 0 Å². The number of hydrogen-bond donors (Lipinski definition) is 1. The van der Waals surface area contributed by atoms with Crippen molar-refractivity contribution in [2.24, 2.45) is 5.10 Å². The van der Waals surface area contributed by atoms with Crippen LogP contribution in [0, 0.1) is 0 Å². The van der Waals surface area contributed by atoms with Crippen molar-refractivity contribution in [3.63, 3.8) is 0 Å². The van der Waals surface area contributed by atoms with Crippen molar-refractivity contribution in [2.75, 3.05) is 23.4 Å². The normalized spacial score (nSPS) is 14.7. The summed E-state index contributed by atoms with van der Waals surface area (Å²) >= 11 is 1.57. The molecule has 0 atom stereocenters. The standard InChI is InChI=1S/C21H22N4S/c1-3-9-17(10-4-1)19-16-26-21(23-19)24-22-15-18-11-5-6-12-20(18)25-13-7-2-8-14-25/h1,3-6,9-12,15-16H,2,7-8,13-14H2,(H,23,24). The number of piperidine rings is 1. The molecule has 0 bridgehead atoms. The largest absolute Gasteiger partial charge is 0.371 e. The number of rotatable bonds is 5. The van der Waals surface area contributed by atoms with Gasteiger partial charge in [0, 0.05) is 35.3 Å². The lowest BCUT2D eigenvalue weighted by Gasteiger charge is -2.29. The molecule has 0 spiro atoms. The first kappa shape index (κ1) is 16.8. The van der Waals surface area contributed by atoms with Crippen LogP contribution in [0.4, 0.5) is 10.8 Å². The van der Waals surface area contributed by atoms with Crippen LogP contribution in [-0.2, 0) is 0 Å². The first-order chi connectivity index (χ1) is 12.9. The number of aromatic nitrogens is 1. The zero-order chi connectivity index (χ0) is 17.6. The molecular formula is C21H22N4S. The van der Waals surface area contributed by atoms with Crippen LogP contribution in [0.15, 0.2) is 65.1 Å². The van der Waals surface area contributed by atoms with E-state index in [0.29, 0.717) is 0 Å². The SMILES string of the molecule is C(=NNc1nc(-c2ccccc2)cs1)c1ccccc1N1CCCCC1. The van der Waals surface area contributed by atoms with Crippen LogP contribution in [0.25, 0.3) is 11.3 Å². The Kier molecular flexibility index (Phi) is 5.26. The van der Waals surface area contributed by atoms with Crippen LogP contribution in [0.1, 0.15) is 24.8 Å². The Morgan fingerprint density at radius 1 is 0.962 bits per heavy atom. The van der Waals surface area contributed by atoms with Crippen molar-refractivity contribution < 1.29 is 0 Å². The second-order valence-corrected chi connectivity index (χ2v) is 7.24. The van der Waals surface area contributed by atoms with E-state index < -0.39 is 0 Å². The molecular weight excluding hydrogens is 340 g/mol. The van der Waals surface area contributed by atoms with Gasteiger partial charge in [-0.25, -0.2) is 4.98 Å². The monoisotopic (exact) mass is 362 g/mol. The van der Waals surface area contributed by atoms with Gasteiger partial charge < -0.3 is 4.90 Å². The first-order valence-corrected chi connectivity index (χ1v) is 9.92. The Labute approximate surface area is 158 Å². The molecule has 1 fully saturated rings. The Morgan fingerprint density at radius 2 is 1.73 bits per heavy atom. The van der Waals surface area contributed by atoms with Gasteiger partial charge in [-0.15, -0.1) is 11.3 Å². The molecule has 1 saturated heterocycles. The fourth-order valence-electron chi connectivity index (χ4n) is 3.24. The minimum Gasteiger partial charge on any atom is -0.371 e. The summed E-state index contributed by atoms with van der Waals surface area (Å²) in [5.41, 5.74) is 7.57. The predicted octanol–water partition coefficient (Wildman–Crippen LogP) is 5.25. The number of hydrazone groups is 1. The van der Waals surface area contributed by atoms with Crippen molar-refractivity contribution in [1.29, 1.82) is 0 Å². The second kappa shape index (κ2) is 8.15. The van der Waals surface area contributed by atoms with E-state index in [1.807, 2.05) is 24.4 Å². The highest BCUT2D eigenvalue weighted by Crippen LogP contribution is 2.25. The molecule has 26 heavy (non-hydrogen) atoms. The highest BCUT2D eigenvalue weighted by molar-refractivity contribution is 7.14. The Balaban J connectivity index is 1.45. The van der Waals surface area contributed by atoms with Gasteiger partial charge in [0.05, 0.1) is 11.9 Å². The molecule has 0 amide bonds. The quantitative estimate of drug-likeness (QED) is 0.498. The second-order valence-electron chi connectivity index (χ2n) is 6.38. The van der Waals surface area contributed by atoms with Gasteiger partial charge >= 0.3 is 0 Å². The fraction of sp³-hybridized carbons (Fsp3) is 0.238. The number of nitrogens with one attached hydrogen (secondary N) is 1. The van der Waals surface area contributed by atoms with Crippen LogP contribution < -0.4 is 10.3 Å². The third-order valence-electron chi connectivity index (χ3n) is 4.57. The third-order valence-corrected chi connectivity index (χ3v) is 5.32. The number of thiazole rings is 1. The summed E-state index contributed by atoms with van der Waals surface area (Å²) in [6.45, 7) is 2.26. The molecule has 4 rings (SSSR count). The van der Waals surface area contributed by atoms with Gasteiger partial charge in [0.15, 0.2) is 0 Å². The number of para-hydroxylation sites is 1. The lowest BCUT2D eigenvalue weighted by molar-refractivity contribution is 0.578. The van der Waals surface area contributed by atoms with Gasteiger partial charge in [0.1, 0.15) is 0 Å². The Morgan fingerprint density at radius 3 is 2.58 bits per heavy atom. The summed E-state index contributed by atoms with van der Waals surface area (Å²) in [7, 11) is 0. The maximum absolute atomic E-state index is 4.61. The van der Waals surface area contributed by atoms with Crippen LogP contribution in [0.2, 0.25) is 0 Å². The van der Waals surface area contributed by atoms with E-state index in [2.05, 4.69) is 62.2 Å². The zero-order valence-corrected chi connectivity index (χ0v) is 15.5. The summed E-state index contributed by atoms with van der Waals surface area (Å²) < 4.78 is 0. The van der Waals surface area contributed by atoms with Gasteiger partial charge in [-0.2, -0.15) is 5.10 Å². The number of benzene rings is 2. The smallest absolute Gasteiger partial charge is 0.203 e. The molecule has 4 nitrogen and oxygen atoms in total. The highest BCUT2D eigenvalue weighted by atomic mass is 32.1. The van der Waals surface area contributed by atoms with E-state index in [-0.39, 0.29) is 0 Å².